The van der Waals surface area contributed by atoms with Gasteiger partial charge < -0.3 is 0 Å². The van der Waals surface area contributed by atoms with Gasteiger partial charge in [0.05, 0.1) is 16.5 Å². The van der Waals surface area contributed by atoms with Crippen molar-refractivity contribution in [2.24, 2.45) is 5.41 Å². The first-order valence-electron chi connectivity index (χ1n) is 4.56. The van der Waals surface area contributed by atoms with Gasteiger partial charge in [0, 0.05) is 17.5 Å². The van der Waals surface area contributed by atoms with Crippen LogP contribution in [0.5, 0.6) is 0 Å². The summed E-state index contributed by atoms with van der Waals surface area (Å²) in [6, 6.07) is 2.44. The van der Waals surface area contributed by atoms with E-state index in [2.05, 4.69) is 16.4 Å². The molecule has 1 fully saturated rings. The van der Waals surface area contributed by atoms with Crippen LogP contribution in [0.2, 0.25) is 0 Å². The van der Waals surface area contributed by atoms with Crippen molar-refractivity contribution in [3.8, 4) is 6.07 Å². The molecule has 3 heteroatoms. The van der Waals surface area contributed by atoms with Gasteiger partial charge in [0.25, 0.3) is 0 Å². The summed E-state index contributed by atoms with van der Waals surface area (Å²) in [7, 11) is 0. The Labute approximate surface area is 82.2 Å². The number of rotatable bonds is 2. The molecule has 0 aliphatic heterocycles. The Morgan fingerprint density at radius 1 is 1.69 bits per heavy atom. The van der Waals surface area contributed by atoms with Crippen LogP contribution >= 0.6 is 11.3 Å². The molecule has 0 N–H and O–H groups in total. The lowest BCUT2D eigenvalue weighted by atomic mass is 9.68. The molecule has 1 heterocycles. The fourth-order valence-corrected chi connectivity index (χ4v) is 2.62. The van der Waals surface area contributed by atoms with E-state index < -0.39 is 0 Å². The molecular formula is C10H12N2S. The summed E-state index contributed by atoms with van der Waals surface area (Å²) in [5.74, 6) is 0. The summed E-state index contributed by atoms with van der Waals surface area (Å²) in [4.78, 5) is 4.39. The minimum Gasteiger partial charge on any atom is -0.247 e. The van der Waals surface area contributed by atoms with Crippen LogP contribution < -0.4 is 0 Å². The van der Waals surface area contributed by atoms with Crippen LogP contribution in [0, 0.1) is 23.7 Å². The third-order valence-corrected chi connectivity index (χ3v) is 3.67. The zero-order chi connectivity index (χ0) is 9.31. The Morgan fingerprint density at radius 3 is 2.85 bits per heavy atom. The van der Waals surface area contributed by atoms with Gasteiger partial charge >= 0.3 is 0 Å². The van der Waals surface area contributed by atoms with Gasteiger partial charge in [-0.1, -0.05) is 6.42 Å². The van der Waals surface area contributed by atoms with E-state index >= 15 is 0 Å². The van der Waals surface area contributed by atoms with Gasteiger partial charge in [-0.3, -0.25) is 0 Å². The molecule has 0 amide bonds. The van der Waals surface area contributed by atoms with Crippen LogP contribution in [0.15, 0.2) is 5.38 Å². The number of nitriles is 1. The quantitative estimate of drug-likeness (QED) is 0.722. The van der Waals surface area contributed by atoms with Crippen molar-refractivity contribution in [2.45, 2.75) is 32.6 Å². The molecule has 1 aliphatic carbocycles. The predicted molar refractivity (Wildman–Crippen MR) is 52.5 cm³/mol. The first kappa shape index (κ1) is 8.71. The lowest BCUT2D eigenvalue weighted by Gasteiger charge is -2.34. The molecule has 0 bridgehead atoms. The van der Waals surface area contributed by atoms with Crippen molar-refractivity contribution in [1.82, 2.24) is 4.98 Å². The normalized spacial score (nSPS) is 19.1. The van der Waals surface area contributed by atoms with Gasteiger partial charge in [-0.05, 0) is 19.8 Å². The summed E-state index contributed by atoms with van der Waals surface area (Å²) < 4.78 is 0. The van der Waals surface area contributed by atoms with E-state index in [0.29, 0.717) is 0 Å². The molecule has 1 aliphatic rings. The number of hydrogen-bond donors (Lipinski definition) is 0. The molecule has 0 atom stereocenters. The van der Waals surface area contributed by atoms with Crippen LogP contribution in [0.25, 0.3) is 0 Å². The number of aromatic nitrogens is 1. The second kappa shape index (κ2) is 3.12. The Balaban J connectivity index is 2.09. The summed E-state index contributed by atoms with van der Waals surface area (Å²) in [6.45, 7) is 2.00. The molecule has 1 aromatic rings. The van der Waals surface area contributed by atoms with E-state index in [4.69, 9.17) is 5.26 Å². The van der Waals surface area contributed by atoms with Crippen molar-refractivity contribution in [3.05, 3.63) is 16.1 Å². The minimum absolute atomic E-state index is 0.0652. The van der Waals surface area contributed by atoms with Crippen LogP contribution in [-0.2, 0) is 6.42 Å². The van der Waals surface area contributed by atoms with Crippen molar-refractivity contribution in [2.75, 3.05) is 0 Å². The number of nitrogens with zero attached hydrogens (tertiary/aromatic N) is 2. The Bertz CT molecular complexity index is 344. The molecule has 1 aromatic heterocycles. The highest BCUT2D eigenvalue weighted by Gasteiger charge is 2.37. The van der Waals surface area contributed by atoms with Crippen molar-refractivity contribution < 1.29 is 0 Å². The van der Waals surface area contributed by atoms with Crippen LogP contribution in [-0.4, -0.2) is 4.98 Å². The largest absolute Gasteiger partial charge is 0.247 e. The first-order valence-corrected chi connectivity index (χ1v) is 5.44. The average Bonchev–Trinajstić information content (AvgIpc) is 2.44. The molecule has 1 saturated carbocycles. The van der Waals surface area contributed by atoms with E-state index in [1.165, 1.54) is 6.42 Å². The molecule has 0 radical (unpaired) electrons. The van der Waals surface area contributed by atoms with E-state index in [9.17, 15) is 0 Å². The molecule has 68 valence electrons. The highest BCUT2D eigenvalue weighted by atomic mass is 32.1. The fraction of sp³-hybridized carbons (Fsp3) is 0.600. The van der Waals surface area contributed by atoms with Crippen LogP contribution in [0.3, 0.4) is 0 Å². The zero-order valence-corrected chi connectivity index (χ0v) is 8.52. The van der Waals surface area contributed by atoms with E-state index in [1.807, 2.05) is 6.92 Å². The highest BCUT2D eigenvalue weighted by molar-refractivity contribution is 7.09. The summed E-state index contributed by atoms with van der Waals surface area (Å²) in [5, 5.41) is 12.2. The lowest BCUT2D eigenvalue weighted by molar-refractivity contribution is 0.214. The van der Waals surface area contributed by atoms with Crippen LogP contribution in [0.4, 0.5) is 0 Å². The summed E-state index contributed by atoms with van der Waals surface area (Å²) >= 11 is 1.68. The van der Waals surface area contributed by atoms with Gasteiger partial charge in [0.15, 0.2) is 0 Å². The van der Waals surface area contributed by atoms with Gasteiger partial charge in [-0.15, -0.1) is 11.3 Å². The van der Waals surface area contributed by atoms with Crippen molar-refractivity contribution in [1.29, 1.82) is 5.26 Å². The molecule has 0 saturated heterocycles. The monoisotopic (exact) mass is 192 g/mol. The molecule has 2 rings (SSSR count). The predicted octanol–water partition coefficient (Wildman–Crippen LogP) is 2.69. The van der Waals surface area contributed by atoms with Crippen LogP contribution in [0.1, 0.15) is 30.0 Å². The first-order chi connectivity index (χ1) is 6.24. The molecular weight excluding hydrogens is 180 g/mol. The highest BCUT2D eigenvalue weighted by Crippen LogP contribution is 2.43. The Morgan fingerprint density at radius 2 is 2.46 bits per heavy atom. The summed E-state index contributed by atoms with van der Waals surface area (Å²) in [5.41, 5.74) is 1.01. The Hall–Kier alpha value is -0.880. The average molecular weight is 192 g/mol. The molecule has 0 aromatic carbocycles. The smallest absolute Gasteiger partial charge is 0.0944 e. The van der Waals surface area contributed by atoms with Crippen molar-refractivity contribution >= 4 is 11.3 Å². The second-order valence-electron chi connectivity index (χ2n) is 3.81. The molecule has 2 nitrogen and oxygen atoms in total. The van der Waals surface area contributed by atoms with Gasteiger partial charge in [-0.2, -0.15) is 5.26 Å². The lowest BCUT2D eigenvalue weighted by Crippen LogP contribution is -2.29. The molecule has 0 unspecified atom stereocenters. The number of aryl methyl sites for hydroxylation is 1. The van der Waals surface area contributed by atoms with E-state index in [1.54, 1.807) is 11.3 Å². The fourth-order valence-electron chi connectivity index (χ4n) is 1.71. The molecule has 0 spiro atoms. The van der Waals surface area contributed by atoms with Gasteiger partial charge in [0.1, 0.15) is 0 Å². The topological polar surface area (TPSA) is 36.7 Å². The van der Waals surface area contributed by atoms with Gasteiger partial charge in [0.2, 0.25) is 0 Å². The third-order valence-electron chi connectivity index (χ3n) is 2.70. The maximum absolute atomic E-state index is 9.03. The van der Waals surface area contributed by atoms with E-state index in [-0.39, 0.29) is 5.41 Å². The maximum Gasteiger partial charge on any atom is 0.0944 e. The van der Waals surface area contributed by atoms with E-state index in [0.717, 1.165) is 30.0 Å². The Kier molecular flexibility index (Phi) is 2.09. The minimum atomic E-state index is -0.0652. The summed E-state index contributed by atoms with van der Waals surface area (Å²) in [6.07, 6.45) is 4.18. The number of thiazole rings is 1. The molecule has 13 heavy (non-hydrogen) atoms. The zero-order valence-electron chi connectivity index (χ0n) is 7.71. The van der Waals surface area contributed by atoms with Crippen molar-refractivity contribution in [3.63, 3.8) is 0 Å². The SMILES string of the molecule is Cc1csc(CC2(C#N)CCC2)n1. The third kappa shape index (κ3) is 1.59. The number of hydrogen-bond acceptors (Lipinski definition) is 3. The maximum atomic E-state index is 9.03. The standard InChI is InChI=1S/C10H12N2S/c1-8-6-13-9(12-8)5-10(7-11)3-2-4-10/h6H,2-5H2,1H3. The van der Waals surface area contributed by atoms with Gasteiger partial charge in [-0.25, -0.2) is 4.98 Å². The second-order valence-corrected chi connectivity index (χ2v) is 4.75.